The van der Waals surface area contributed by atoms with Crippen molar-refractivity contribution in [2.75, 3.05) is 26.2 Å². The molecular weight excluding hydrogens is 250 g/mol. The number of hydrogen-bond donors (Lipinski definition) is 2. The van der Waals surface area contributed by atoms with Crippen LogP contribution in [0, 0.1) is 0 Å². The van der Waals surface area contributed by atoms with Gasteiger partial charge >= 0.3 is 0 Å². The summed E-state index contributed by atoms with van der Waals surface area (Å²) in [4.78, 5) is 0. The van der Waals surface area contributed by atoms with E-state index in [4.69, 9.17) is 5.73 Å². The number of hydrogen-bond acceptors (Lipinski definition) is 3. The van der Waals surface area contributed by atoms with Crippen LogP contribution >= 0.6 is 12.4 Å². The summed E-state index contributed by atoms with van der Waals surface area (Å²) in [6, 6.07) is 0. The monoisotopic (exact) mass is 271 g/mol. The number of halogens is 1. The Balaban J connectivity index is 0.00000225. The van der Waals surface area contributed by atoms with Gasteiger partial charge in [0.1, 0.15) is 0 Å². The predicted octanol–water partition coefficient (Wildman–Crippen LogP) is 0.467. The maximum Gasteiger partial charge on any atom is 0.279 e. The van der Waals surface area contributed by atoms with Crippen LogP contribution < -0.4 is 10.5 Å². The van der Waals surface area contributed by atoms with E-state index in [0.29, 0.717) is 32.6 Å². The third-order valence-corrected chi connectivity index (χ3v) is 4.18. The lowest BCUT2D eigenvalue weighted by Gasteiger charge is -2.19. The van der Waals surface area contributed by atoms with Gasteiger partial charge in [-0.25, -0.2) is 4.72 Å². The number of rotatable bonds is 5. The van der Waals surface area contributed by atoms with Crippen LogP contribution in [0.2, 0.25) is 0 Å². The van der Waals surface area contributed by atoms with E-state index < -0.39 is 10.2 Å². The molecule has 1 rings (SSSR count). The van der Waals surface area contributed by atoms with Gasteiger partial charge in [-0.2, -0.15) is 12.7 Å². The third kappa shape index (κ3) is 5.45. The SMILES string of the molecule is Cl.NCCCNS(=O)(=O)N1CCCCCC1. The van der Waals surface area contributed by atoms with Gasteiger partial charge in [0.15, 0.2) is 0 Å². The van der Waals surface area contributed by atoms with E-state index in [9.17, 15) is 8.42 Å². The van der Waals surface area contributed by atoms with Crippen molar-refractivity contribution in [3.05, 3.63) is 0 Å². The molecule has 7 heteroatoms. The maximum atomic E-state index is 11.8. The highest BCUT2D eigenvalue weighted by Gasteiger charge is 2.21. The molecule has 0 aliphatic carbocycles. The molecule has 0 aromatic heterocycles. The fourth-order valence-electron chi connectivity index (χ4n) is 1.68. The van der Waals surface area contributed by atoms with Gasteiger partial charge < -0.3 is 5.73 Å². The molecule has 5 nitrogen and oxygen atoms in total. The van der Waals surface area contributed by atoms with Crippen molar-refractivity contribution in [2.45, 2.75) is 32.1 Å². The van der Waals surface area contributed by atoms with Crippen LogP contribution in [0.15, 0.2) is 0 Å². The average Bonchev–Trinajstić information content (AvgIpc) is 2.46. The molecule has 0 radical (unpaired) electrons. The van der Waals surface area contributed by atoms with Gasteiger partial charge in [0.2, 0.25) is 0 Å². The van der Waals surface area contributed by atoms with Crippen LogP contribution in [0.25, 0.3) is 0 Å². The van der Waals surface area contributed by atoms with Gasteiger partial charge in [0.05, 0.1) is 0 Å². The van der Waals surface area contributed by atoms with Gasteiger partial charge in [0.25, 0.3) is 10.2 Å². The first-order valence-electron chi connectivity index (χ1n) is 5.61. The molecule has 0 aromatic carbocycles. The highest BCUT2D eigenvalue weighted by atomic mass is 35.5. The maximum absolute atomic E-state index is 11.8. The Morgan fingerprint density at radius 2 is 1.69 bits per heavy atom. The van der Waals surface area contributed by atoms with Crippen molar-refractivity contribution in [2.24, 2.45) is 5.73 Å². The summed E-state index contributed by atoms with van der Waals surface area (Å²) in [5, 5.41) is 0. The summed E-state index contributed by atoms with van der Waals surface area (Å²) in [5.74, 6) is 0. The lowest BCUT2D eigenvalue weighted by atomic mass is 10.2. The smallest absolute Gasteiger partial charge is 0.279 e. The molecule has 1 fully saturated rings. The molecule has 0 spiro atoms. The zero-order valence-corrected chi connectivity index (χ0v) is 11.2. The van der Waals surface area contributed by atoms with Crippen LogP contribution in [0.4, 0.5) is 0 Å². The van der Waals surface area contributed by atoms with E-state index in [1.165, 1.54) is 0 Å². The molecule has 1 heterocycles. The second-order valence-corrected chi connectivity index (χ2v) is 5.61. The Hall–Kier alpha value is 0.120. The van der Waals surface area contributed by atoms with Gasteiger partial charge in [-0.3, -0.25) is 0 Å². The summed E-state index contributed by atoms with van der Waals surface area (Å²) in [6.07, 6.45) is 4.90. The van der Waals surface area contributed by atoms with Gasteiger partial charge in [-0.1, -0.05) is 12.8 Å². The van der Waals surface area contributed by atoms with Crippen molar-refractivity contribution in [3.63, 3.8) is 0 Å². The van der Waals surface area contributed by atoms with Crippen molar-refractivity contribution < 1.29 is 8.42 Å². The number of nitrogens with one attached hydrogen (secondary N) is 1. The standard InChI is InChI=1S/C9H21N3O2S.ClH/c10-6-5-7-11-15(13,14)12-8-3-1-2-4-9-12;/h11H,1-10H2;1H. The Morgan fingerprint density at radius 1 is 1.12 bits per heavy atom. The predicted molar refractivity (Wildman–Crippen MR) is 67.9 cm³/mol. The molecule has 0 atom stereocenters. The fourth-order valence-corrected chi connectivity index (χ4v) is 3.00. The Labute approximate surface area is 104 Å². The van der Waals surface area contributed by atoms with E-state index in [1.807, 2.05) is 0 Å². The van der Waals surface area contributed by atoms with Crippen molar-refractivity contribution >= 4 is 22.6 Å². The minimum absolute atomic E-state index is 0. The van der Waals surface area contributed by atoms with E-state index >= 15 is 0 Å². The number of nitrogens with two attached hydrogens (primary N) is 1. The summed E-state index contributed by atoms with van der Waals surface area (Å²) in [7, 11) is -3.25. The molecule has 0 unspecified atom stereocenters. The molecule has 0 bridgehead atoms. The van der Waals surface area contributed by atoms with E-state index in [1.54, 1.807) is 4.31 Å². The second-order valence-electron chi connectivity index (χ2n) is 3.85. The first-order chi connectivity index (χ1) is 7.17. The zero-order valence-electron chi connectivity index (χ0n) is 9.52. The van der Waals surface area contributed by atoms with Gasteiger partial charge in [-0.05, 0) is 25.8 Å². The molecule has 3 N–H and O–H groups in total. The minimum Gasteiger partial charge on any atom is -0.330 e. The van der Waals surface area contributed by atoms with E-state index in [-0.39, 0.29) is 12.4 Å². The molecule has 0 aromatic rings. The lowest BCUT2D eigenvalue weighted by molar-refractivity contribution is 0.414. The van der Waals surface area contributed by atoms with Crippen LogP contribution in [-0.4, -0.2) is 38.9 Å². The highest BCUT2D eigenvalue weighted by molar-refractivity contribution is 7.87. The topological polar surface area (TPSA) is 75.4 Å². The van der Waals surface area contributed by atoms with Crippen molar-refractivity contribution in [1.29, 1.82) is 0 Å². The molecule has 0 saturated carbocycles. The van der Waals surface area contributed by atoms with Gasteiger partial charge in [0, 0.05) is 19.6 Å². The highest BCUT2D eigenvalue weighted by Crippen LogP contribution is 2.12. The fraction of sp³-hybridized carbons (Fsp3) is 1.00. The molecule has 98 valence electrons. The lowest BCUT2D eigenvalue weighted by Crippen LogP contribution is -2.41. The molecule has 1 saturated heterocycles. The summed E-state index contributed by atoms with van der Waals surface area (Å²) in [5.41, 5.74) is 5.31. The molecular formula is C9H22ClN3O2S. The largest absolute Gasteiger partial charge is 0.330 e. The summed E-state index contributed by atoms with van der Waals surface area (Å²) < 4.78 is 27.7. The van der Waals surface area contributed by atoms with Crippen LogP contribution in [-0.2, 0) is 10.2 Å². The number of nitrogens with zero attached hydrogens (tertiary/aromatic N) is 1. The second kappa shape index (κ2) is 8.25. The van der Waals surface area contributed by atoms with Crippen molar-refractivity contribution in [1.82, 2.24) is 9.03 Å². The van der Waals surface area contributed by atoms with Crippen LogP contribution in [0.5, 0.6) is 0 Å². The Kier molecular flexibility index (Phi) is 8.31. The van der Waals surface area contributed by atoms with E-state index in [0.717, 1.165) is 25.7 Å². The average molecular weight is 272 g/mol. The van der Waals surface area contributed by atoms with E-state index in [2.05, 4.69) is 4.72 Å². The van der Waals surface area contributed by atoms with Crippen LogP contribution in [0.1, 0.15) is 32.1 Å². The minimum atomic E-state index is -3.25. The summed E-state index contributed by atoms with van der Waals surface area (Å²) >= 11 is 0. The molecule has 16 heavy (non-hydrogen) atoms. The Morgan fingerprint density at radius 3 is 2.19 bits per heavy atom. The van der Waals surface area contributed by atoms with Crippen LogP contribution in [0.3, 0.4) is 0 Å². The van der Waals surface area contributed by atoms with Crippen molar-refractivity contribution in [3.8, 4) is 0 Å². The summed E-state index contributed by atoms with van der Waals surface area (Å²) in [6.45, 7) is 2.26. The Bertz CT molecular complexity index is 264. The first kappa shape index (κ1) is 16.1. The molecule has 0 amide bonds. The molecule has 1 aliphatic heterocycles. The quantitative estimate of drug-likeness (QED) is 0.714. The first-order valence-corrected chi connectivity index (χ1v) is 7.05. The zero-order chi connectivity index (χ0) is 11.1. The van der Waals surface area contributed by atoms with Gasteiger partial charge in [-0.15, -0.1) is 12.4 Å². The molecule has 1 aliphatic rings. The normalized spacial score (nSPS) is 18.8. The third-order valence-electron chi connectivity index (χ3n) is 2.57.